The SMILES string of the molecule is N#C/C(=C\c1cc(Cl)c2c(c1)OCCO2)C(=O)NC1CCCC1. The second-order valence-corrected chi connectivity index (χ2v) is 6.06. The van der Waals surface area contributed by atoms with Crippen molar-refractivity contribution in [3.8, 4) is 17.6 Å². The topological polar surface area (TPSA) is 71.3 Å². The quantitative estimate of drug-likeness (QED) is 0.682. The van der Waals surface area contributed by atoms with Crippen LogP contribution in [-0.4, -0.2) is 25.2 Å². The summed E-state index contributed by atoms with van der Waals surface area (Å²) in [7, 11) is 0. The number of hydrogen-bond donors (Lipinski definition) is 1. The van der Waals surface area contributed by atoms with Gasteiger partial charge in [-0.25, -0.2) is 0 Å². The predicted molar refractivity (Wildman–Crippen MR) is 86.4 cm³/mol. The number of rotatable bonds is 3. The van der Waals surface area contributed by atoms with Gasteiger partial charge in [0.1, 0.15) is 24.9 Å². The van der Waals surface area contributed by atoms with E-state index in [2.05, 4.69) is 5.32 Å². The highest BCUT2D eigenvalue weighted by molar-refractivity contribution is 6.32. The van der Waals surface area contributed by atoms with Gasteiger partial charge in [-0.05, 0) is 36.6 Å². The molecule has 0 aromatic heterocycles. The largest absolute Gasteiger partial charge is 0.486 e. The van der Waals surface area contributed by atoms with Crippen molar-refractivity contribution in [2.45, 2.75) is 31.7 Å². The molecule has 5 nitrogen and oxygen atoms in total. The molecule has 23 heavy (non-hydrogen) atoms. The summed E-state index contributed by atoms with van der Waals surface area (Å²) in [6.07, 6.45) is 5.71. The number of fused-ring (bicyclic) bond motifs is 1. The van der Waals surface area contributed by atoms with Crippen molar-refractivity contribution in [2.24, 2.45) is 0 Å². The number of halogens is 1. The first-order chi connectivity index (χ1) is 11.2. The molecular weight excluding hydrogens is 316 g/mol. The third-order valence-electron chi connectivity index (χ3n) is 3.99. The van der Waals surface area contributed by atoms with Crippen molar-refractivity contribution in [1.29, 1.82) is 5.26 Å². The molecule has 1 saturated carbocycles. The summed E-state index contributed by atoms with van der Waals surface area (Å²) in [6, 6.07) is 5.51. The fraction of sp³-hybridized carbons (Fsp3) is 0.412. The van der Waals surface area contributed by atoms with Crippen LogP contribution in [0.4, 0.5) is 0 Å². The van der Waals surface area contributed by atoms with Crippen LogP contribution in [0.15, 0.2) is 17.7 Å². The molecule has 3 rings (SSSR count). The highest BCUT2D eigenvalue weighted by atomic mass is 35.5. The number of benzene rings is 1. The van der Waals surface area contributed by atoms with E-state index >= 15 is 0 Å². The molecule has 6 heteroatoms. The molecule has 1 fully saturated rings. The summed E-state index contributed by atoms with van der Waals surface area (Å²) in [5.74, 6) is 0.692. The molecule has 1 aromatic rings. The maximum atomic E-state index is 12.2. The van der Waals surface area contributed by atoms with Crippen LogP contribution in [0.1, 0.15) is 31.2 Å². The molecule has 0 unspecified atom stereocenters. The number of ether oxygens (including phenoxy) is 2. The van der Waals surface area contributed by atoms with E-state index in [4.69, 9.17) is 21.1 Å². The Bertz CT molecular complexity index is 688. The Kier molecular flexibility index (Phi) is 4.73. The molecule has 120 valence electrons. The maximum absolute atomic E-state index is 12.2. The summed E-state index contributed by atoms with van der Waals surface area (Å²) >= 11 is 6.17. The molecule has 0 saturated heterocycles. The summed E-state index contributed by atoms with van der Waals surface area (Å²) in [6.45, 7) is 0.902. The molecule has 0 bridgehead atoms. The van der Waals surface area contributed by atoms with Gasteiger partial charge in [0.05, 0.1) is 5.02 Å². The van der Waals surface area contributed by atoms with Crippen LogP contribution in [-0.2, 0) is 4.79 Å². The molecule has 1 N–H and O–H groups in total. The lowest BCUT2D eigenvalue weighted by molar-refractivity contribution is -0.117. The first-order valence-electron chi connectivity index (χ1n) is 7.69. The molecule has 2 aliphatic rings. The fourth-order valence-electron chi connectivity index (χ4n) is 2.86. The normalized spacial score (nSPS) is 17.7. The van der Waals surface area contributed by atoms with Crippen LogP contribution in [0.5, 0.6) is 11.5 Å². The monoisotopic (exact) mass is 332 g/mol. The average molecular weight is 333 g/mol. The number of nitrogens with zero attached hydrogens (tertiary/aromatic N) is 1. The molecule has 1 aromatic carbocycles. The van der Waals surface area contributed by atoms with Crippen molar-refractivity contribution in [1.82, 2.24) is 5.32 Å². The van der Waals surface area contributed by atoms with Gasteiger partial charge in [0.15, 0.2) is 11.5 Å². The zero-order chi connectivity index (χ0) is 16.2. The van der Waals surface area contributed by atoms with Gasteiger partial charge < -0.3 is 14.8 Å². The summed E-state index contributed by atoms with van der Waals surface area (Å²) in [4.78, 5) is 12.2. The van der Waals surface area contributed by atoms with E-state index in [1.807, 2.05) is 6.07 Å². The summed E-state index contributed by atoms with van der Waals surface area (Å²) in [5.41, 5.74) is 0.696. The molecule has 0 atom stereocenters. The Morgan fingerprint density at radius 2 is 2.04 bits per heavy atom. The Morgan fingerprint density at radius 1 is 1.30 bits per heavy atom. The minimum Gasteiger partial charge on any atom is -0.486 e. The van der Waals surface area contributed by atoms with Crippen LogP contribution < -0.4 is 14.8 Å². The molecule has 0 spiro atoms. The number of amides is 1. The van der Waals surface area contributed by atoms with E-state index < -0.39 is 0 Å². The maximum Gasteiger partial charge on any atom is 0.262 e. The second-order valence-electron chi connectivity index (χ2n) is 5.65. The molecular formula is C17H17ClN2O3. The third kappa shape index (κ3) is 3.59. The summed E-state index contributed by atoms with van der Waals surface area (Å²) in [5, 5.41) is 12.6. The Hall–Kier alpha value is -2.19. The predicted octanol–water partition coefficient (Wildman–Crippen LogP) is 3.08. The van der Waals surface area contributed by atoms with E-state index in [-0.39, 0.29) is 17.5 Å². The van der Waals surface area contributed by atoms with Crippen LogP contribution in [0.25, 0.3) is 6.08 Å². The third-order valence-corrected chi connectivity index (χ3v) is 4.27. The lowest BCUT2D eigenvalue weighted by Crippen LogP contribution is -2.33. The summed E-state index contributed by atoms with van der Waals surface area (Å²) < 4.78 is 11.0. The number of nitriles is 1. The lowest BCUT2D eigenvalue weighted by Gasteiger charge is -2.19. The van der Waals surface area contributed by atoms with Gasteiger partial charge in [0, 0.05) is 6.04 Å². The van der Waals surface area contributed by atoms with E-state index in [9.17, 15) is 10.1 Å². The molecule has 1 heterocycles. The van der Waals surface area contributed by atoms with Crippen molar-refractivity contribution in [3.63, 3.8) is 0 Å². The van der Waals surface area contributed by atoms with Gasteiger partial charge in [-0.3, -0.25) is 4.79 Å². The van der Waals surface area contributed by atoms with E-state index in [1.165, 1.54) is 6.08 Å². The van der Waals surface area contributed by atoms with Crippen molar-refractivity contribution >= 4 is 23.6 Å². The van der Waals surface area contributed by atoms with E-state index in [0.29, 0.717) is 35.3 Å². The number of carbonyl (C=O) groups is 1. The Morgan fingerprint density at radius 3 is 2.78 bits per heavy atom. The highest BCUT2D eigenvalue weighted by Crippen LogP contribution is 2.38. The van der Waals surface area contributed by atoms with Crippen LogP contribution >= 0.6 is 11.6 Å². The molecule has 0 radical (unpaired) electrons. The lowest BCUT2D eigenvalue weighted by atomic mass is 10.1. The molecule has 1 aliphatic heterocycles. The van der Waals surface area contributed by atoms with Gasteiger partial charge in [0.2, 0.25) is 0 Å². The average Bonchev–Trinajstić information content (AvgIpc) is 3.05. The van der Waals surface area contributed by atoms with Gasteiger partial charge in [0.25, 0.3) is 5.91 Å². The second kappa shape index (κ2) is 6.93. The fourth-order valence-corrected chi connectivity index (χ4v) is 3.14. The van der Waals surface area contributed by atoms with Crippen LogP contribution in [0.2, 0.25) is 5.02 Å². The van der Waals surface area contributed by atoms with Gasteiger partial charge >= 0.3 is 0 Å². The first kappa shape index (κ1) is 15.7. The molecule has 1 aliphatic carbocycles. The zero-order valence-electron chi connectivity index (χ0n) is 12.6. The standard InChI is InChI=1S/C17H17ClN2O3/c18-14-8-11(9-15-16(14)23-6-5-22-15)7-12(10-19)17(21)20-13-3-1-2-4-13/h7-9,13H,1-6H2,(H,20,21)/b12-7+. The zero-order valence-corrected chi connectivity index (χ0v) is 13.4. The van der Waals surface area contributed by atoms with Gasteiger partial charge in [-0.15, -0.1) is 0 Å². The number of carbonyl (C=O) groups excluding carboxylic acids is 1. The first-order valence-corrected chi connectivity index (χ1v) is 8.07. The van der Waals surface area contributed by atoms with Crippen molar-refractivity contribution < 1.29 is 14.3 Å². The minimum atomic E-state index is -0.342. The van der Waals surface area contributed by atoms with Crippen molar-refractivity contribution in [2.75, 3.05) is 13.2 Å². The Balaban J connectivity index is 1.82. The van der Waals surface area contributed by atoms with E-state index in [0.717, 1.165) is 25.7 Å². The Labute approximate surface area is 139 Å². The smallest absolute Gasteiger partial charge is 0.262 e. The van der Waals surface area contributed by atoms with Gasteiger partial charge in [-0.2, -0.15) is 5.26 Å². The van der Waals surface area contributed by atoms with E-state index in [1.54, 1.807) is 12.1 Å². The number of nitrogens with one attached hydrogen (secondary N) is 1. The van der Waals surface area contributed by atoms with Gasteiger partial charge in [-0.1, -0.05) is 24.4 Å². The molecule has 1 amide bonds. The minimum absolute atomic E-state index is 0.0599. The van der Waals surface area contributed by atoms with Crippen molar-refractivity contribution in [3.05, 3.63) is 28.3 Å². The number of hydrogen-bond acceptors (Lipinski definition) is 4. The van der Waals surface area contributed by atoms with Crippen LogP contribution in [0.3, 0.4) is 0 Å². The van der Waals surface area contributed by atoms with Crippen LogP contribution in [0, 0.1) is 11.3 Å². The highest BCUT2D eigenvalue weighted by Gasteiger charge is 2.20.